The number of carboxylic acids is 1. The fourth-order valence-electron chi connectivity index (χ4n) is 2.96. The minimum Gasteiger partial charge on any atom is -0.478 e. The average Bonchev–Trinajstić information content (AvgIpc) is 2.68. The van der Waals surface area contributed by atoms with Crippen LogP contribution in [0.2, 0.25) is 0 Å². The largest absolute Gasteiger partial charge is 0.478 e. The fourth-order valence-corrected chi connectivity index (χ4v) is 2.96. The van der Waals surface area contributed by atoms with Gasteiger partial charge in [0.1, 0.15) is 0 Å². The molecule has 3 nitrogen and oxygen atoms in total. The monoisotopic (exact) mass is 261 g/mol. The number of rotatable bonds is 4. The third-order valence-electron chi connectivity index (χ3n) is 4.12. The Morgan fingerprint density at radius 2 is 1.84 bits per heavy atom. The first-order valence-electron chi connectivity index (χ1n) is 7.20. The minimum atomic E-state index is -0.829. The molecule has 1 fully saturated rings. The summed E-state index contributed by atoms with van der Waals surface area (Å²) in [7, 11) is 2.12. The summed E-state index contributed by atoms with van der Waals surface area (Å²) in [6, 6.07) is 7.93. The molecule has 0 heterocycles. The van der Waals surface area contributed by atoms with E-state index in [0.29, 0.717) is 11.6 Å². The molecule has 0 bridgehead atoms. The molecule has 0 unspecified atom stereocenters. The summed E-state index contributed by atoms with van der Waals surface area (Å²) < 4.78 is 0. The number of hydrogen-bond acceptors (Lipinski definition) is 2. The van der Waals surface area contributed by atoms with Crippen molar-refractivity contribution in [1.82, 2.24) is 4.90 Å². The fraction of sp³-hybridized carbons (Fsp3) is 0.562. The summed E-state index contributed by atoms with van der Waals surface area (Å²) >= 11 is 0. The SMILES string of the molecule is CN(Cc1ccccc1C(=O)O)C1CCCCCC1. The second-order valence-electron chi connectivity index (χ2n) is 5.52. The predicted molar refractivity (Wildman–Crippen MR) is 76.4 cm³/mol. The highest BCUT2D eigenvalue weighted by Crippen LogP contribution is 2.23. The van der Waals surface area contributed by atoms with E-state index < -0.39 is 5.97 Å². The van der Waals surface area contributed by atoms with Crippen LogP contribution in [0.4, 0.5) is 0 Å². The van der Waals surface area contributed by atoms with Crippen LogP contribution < -0.4 is 0 Å². The Morgan fingerprint density at radius 3 is 2.47 bits per heavy atom. The zero-order valence-electron chi connectivity index (χ0n) is 11.6. The second-order valence-corrected chi connectivity index (χ2v) is 5.52. The van der Waals surface area contributed by atoms with E-state index >= 15 is 0 Å². The molecule has 1 aliphatic rings. The first-order valence-corrected chi connectivity index (χ1v) is 7.20. The lowest BCUT2D eigenvalue weighted by molar-refractivity contribution is 0.0694. The highest BCUT2D eigenvalue weighted by atomic mass is 16.4. The molecule has 0 atom stereocenters. The Morgan fingerprint density at radius 1 is 1.21 bits per heavy atom. The summed E-state index contributed by atoms with van der Waals surface area (Å²) in [6.07, 6.45) is 7.77. The van der Waals surface area contributed by atoms with Crippen molar-refractivity contribution in [1.29, 1.82) is 0 Å². The van der Waals surface area contributed by atoms with Gasteiger partial charge in [-0.05, 0) is 31.5 Å². The zero-order valence-corrected chi connectivity index (χ0v) is 11.6. The van der Waals surface area contributed by atoms with Crippen LogP contribution in [0.5, 0.6) is 0 Å². The molecule has 1 saturated carbocycles. The number of nitrogens with zero attached hydrogens (tertiary/aromatic N) is 1. The van der Waals surface area contributed by atoms with Crippen LogP contribution >= 0.6 is 0 Å². The molecule has 0 amide bonds. The average molecular weight is 261 g/mol. The van der Waals surface area contributed by atoms with E-state index in [4.69, 9.17) is 0 Å². The van der Waals surface area contributed by atoms with Crippen molar-refractivity contribution in [2.45, 2.75) is 51.1 Å². The predicted octanol–water partition coefficient (Wildman–Crippen LogP) is 3.54. The van der Waals surface area contributed by atoms with Crippen LogP contribution in [0.15, 0.2) is 24.3 Å². The normalized spacial score (nSPS) is 17.4. The Hall–Kier alpha value is -1.35. The van der Waals surface area contributed by atoms with Crippen molar-refractivity contribution in [3.05, 3.63) is 35.4 Å². The molecule has 19 heavy (non-hydrogen) atoms. The van der Waals surface area contributed by atoms with Crippen LogP contribution in [-0.2, 0) is 6.54 Å². The highest BCUT2D eigenvalue weighted by molar-refractivity contribution is 5.89. The van der Waals surface area contributed by atoms with Gasteiger partial charge in [0.15, 0.2) is 0 Å². The lowest BCUT2D eigenvalue weighted by Crippen LogP contribution is -2.31. The lowest BCUT2D eigenvalue weighted by Gasteiger charge is -2.27. The quantitative estimate of drug-likeness (QED) is 0.843. The van der Waals surface area contributed by atoms with Crippen LogP contribution in [0.1, 0.15) is 54.4 Å². The molecule has 2 rings (SSSR count). The van der Waals surface area contributed by atoms with E-state index in [2.05, 4.69) is 11.9 Å². The Labute approximate surface area is 115 Å². The first-order chi connectivity index (χ1) is 9.18. The van der Waals surface area contributed by atoms with Crippen molar-refractivity contribution < 1.29 is 9.90 Å². The molecule has 1 aliphatic carbocycles. The molecule has 1 N–H and O–H groups in total. The van der Waals surface area contributed by atoms with Crippen LogP contribution in [0, 0.1) is 0 Å². The van der Waals surface area contributed by atoms with E-state index in [1.54, 1.807) is 12.1 Å². The van der Waals surface area contributed by atoms with Gasteiger partial charge in [0.2, 0.25) is 0 Å². The van der Waals surface area contributed by atoms with Gasteiger partial charge in [-0.25, -0.2) is 4.79 Å². The number of hydrogen-bond donors (Lipinski definition) is 1. The summed E-state index contributed by atoms with van der Waals surface area (Å²) in [6.45, 7) is 0.729. The van der Waals surface area contributed by atoms with Gasteiger partial charge in [-0.2, -0.15) is 0 Å². The van der Waals surface area contributed by atoms with Crippen molar-refractivity contribution in [3.8, 4) is 0 Å². The lowest BCUT2D eigenvalue weighted by atomic mass is 10.0. The minimum absolute atomic E-state index is 0.433. The molecule has 0 radical (unpaired) electrons. The maximum absolute atomic E-state index is 11.2. The molecule has 0 saturated heterocycles. The van der Waals surface area contributed by atoms with Gasteiger partial charge in [0, 0.05) is 12.6 Å². The standard InChI is InChI=1S/C16H23NO2/c1-17(14-9-4-2-3-5-10-14)12-13-8-6-7-11-15(13)16(18)19/h6-8,11,14H,2-5,9-10,12H2,1H3,(H,18,19). The van der Waals surface area contributed by atoms with Crippen molar-refractivity contribution in [2.24, 2.45) is 0 Å². The second kappa shape index (κ2) is 6.71. The molecule has 1 aromatic carbocycles. The summed E-state index contributed by atoms with van der Waals surface area (Å²) in [5.74, 6) is -0.829. The van der Waals surface area contributed by atoms with E-state index in [0.717, 1.165) is 12.1 Å². The van der Waals surface area contributed by atoms with Gasteiger partial charge in [-0.3, -0.25) is 4.90 Å². The van der Waals surface area contributed by atoms with Gasteiger partial charge in [-0.15, -0.1) is 0 Å². The van der Waals surface area contributed by atoms with Gasteiger partial charge in [-0.1, -0.05) is 43.9 Å². The molecular formula is C16H23NO2. The van der Waals surface area contributed by atoms with Crippen LogP contribution in [0.3, 0.4) is 0 Å². The molecular weight excluding hydrogens is 238 g/mol. The number of carboxylic acid groups (broad SMARTS) is 1. The Balaban J connectivity index is 2.05. The molecule has 0 aliphatic heterocycles. The first kappa shape index (κ1) is 14.1. The third kappa shape index (κ3) is 3.80. The highest BCUT2D eigenvalue weighted by Gasteiger charge is 2.18. The maximum Gasteiger partial charge on any atom is 0.336 e. The topological polar surface area (TPSA) is 40.5 Å². The van der Waals surface area contributed by atoms with Crippen molar-refractivity contribution in [3.63, 3.8) is 0 Å². The maximum atomic E-state index is 11.2. The van der Waals surface area contributed by atoms with Crippen molar-refractivity contribution in [2.75, 3.05) is 7.05 Å². The molecule has 1 aromatic rings. The van der Waals surface area contributed by atoms with Crippen LogP contribution in [-0.4, -0.2) is 29.1 Å². The number of carbonyl (C=O) groups is 1. The van der Waals surface area contributed by atoms with E-state index in [1.165, 1.54) is 38.5 Å². The zero-order chi connectivity index (χ0) is 13.7. The van der Waals surface area contributed by atoms with E-state index in [1.807, 2.05) is 12.1 Å². The molecule has 3 heteroatoms. The van der Waals surface area contributed by atoms with E-state index in [-0.39, 0.29) is 0 Å². The van der Waals surface area contributed by atoms with E-state index in [9.17, 15) is 9.90 Å². The van der Waals surface area contributed by atoms with Crippen molar-refractivity contribution >= 4 is 5.97 Å². The number of aromatic carboxylic acids is 1. The van der Waals surface area contributed by atoms with Gasteiger partial charge < -0.3 is 5.11 Å². The number of benzene rings is 1. The molecule has 104 valence electrons. The summed E-state index contributed by atoms with van der Waals surface area (Å²) in [4.78, 5) is 13.5. The summed E-state index contributed by atoms with van der Waals surface area (Å²) in [5, 5.41) is 9.22. The molecule has 0 aromatic heterocycles. The van der Waals surface area contributed by atoms with Gasteiger partial charge >= 0.3 is 5.97 Å². The van der Waals surface area contributed by atoms with Crippen LogP contribution in [0.25, 0.3) is 0 Å². The van der Waals surface area contributed by atoms with Gasteiger partial charge in [0.25, 0.3) is 0 Å². The Bertz CT molecular complexity index is 423. The smallest absolute Gasteiger partial charge is 0.336 e. The Kier molecular flexibility index (Phi) is 4.97. The molecule has 0 spiro atoms. The van der Waals surface area contributed by atoms with Gasteiger partial charge in [0.05, 0.1) is 5.56 Å². The summed E-state index contributed by atoms with van der Waals surface area (Å²) in [5.41, 5.74) is 1.35. The third-order valence-corrected chi connectivity index (χ3v) is 4.12.